The predicted octanol–water partition coefficient (Wildman–Crippen LogP) is 4.41. The lowest BCUT2D eigenvalue weighted by Gasteiger charge is -2.27. The summed E-state index contributed by atoms with van der Waals surface area (Å²) in [6.45, 7) is 7.28. The zero-order valence-electron chi connectivity index (χ0n) is 12.3. The number of hydrogen-bond donors (Lipinski definition) is 1. The molecule has 0 aromatic heterocycles. The lowest BCUT2D eigenvalue weighted by Crippen LogP contribution is -2.19. The molecule has 0 spiro atoms. The van der Waals surface area contributed by atoms with Crippen molar-refractivity contribution >= 4 is 0 Å². The molecule has 1 aromatic rings. The van der Waals surface area contributed by atoms with E-state index in [-0.39, 0.29) is 12.0 Å². The molecular formula is C16H26O3. The van der Waals surface area contributed by atoms with Gasteiger partial charge in [-0.1, -0.05) is 58.2 Å². The highest BCUT2D eigenvalue weighted by molar-refractivity contribution is 5.38. The van der Waals surface area contributed by atoms with Crippen molar-refractivity contribution in [3.63, 3.8) is 0 Å². The summed E-state index contributed by atoms with van der Waals surface area (Å²) < 4.78 is 5.69. The molecule has 0 unspecified atom stereocenters. The van der Waals surface area contributed by atoms with E-state index in [1.54, 1.807) is 0 Å². The Morgan fingerprint density at radius 3 is 2.53 bits per heavy atom. The van der Waals surface area contributed by atoms with Gasteiger partial charge in [0, 0.05) is 0 Å². The fourth-order valence-electron chi connectivity index (χ4n) is 2.29. The van der Waals surface area contributed by atoms with Gasteiger partial charge in [0.05, 0.1) is 0 Å². The number of ether oxygens (including phenoxy) is 1. The van der Waals surface area contributed by atoms with Crippen LogP contribution in [-0.2, 0) is 10.3 Å². The van der Waals surface area contributed by atoms with E-state index < -0.39 is 0 Å². The first-order valence-electron chi connectivity index (χ1n) is 7.10. The molecule has 108 valence electrons. The third-order valence-electron chi connectivity index (χ3n) is 3.45. The van der Waals surface area contributed by atoms with Crippen molar-refractivity contribution in [1.82, 2.24) is 0 Å². The van der Waals surface area contributed by atoms with Gasteiger partial charge in [0.15, 0.2) is 0 Å². The molecule has 1 aromatic carbocycles. The Labute approximate surface area is 116 Å². The Kier molecular flexibility index (Phi) is 6.89. The van der Waals surface area contributed by atoms with Crippen molar-refractivity contribution in [1.29, 1.82) is 0 Å². The Bertz CT molecular complexity index is 361. The number of rotatable bonds is 9. The summed E-state index contributed by atoms with van der Waals surface area (Å²) in [4.78, 5) is 4.04. The molecular weight excluding hydrogens is 240 g/mol. The molecule has 0 aliphatic heterocycles. The lowest BCUT2D eigenvalue weighted by atomic mass is 9.79. The minimum Gasteiger partial charge on any atom is -0.491 e. The minimum atomic E-state index is 0.103. The van der Waals surface area contributed by atoms with Crippen LogP contribution in [0.3, 0.4) is 0 Å². The average Bonchev–Trinajstić information content (AvgIpc) is 2.40. The monoisotopic (exact) mass is 266 g/mol. The van der Waals surface area contributed by atoms with Crippen LogP contribution in [0, 0.1) is 0 Å². The standard InChI is InChI=1S/C16H26O3/c1-4-5-8-11-16(2,3)14-9-6-7-10-15(14)18-12-13-19-17/h6-7,9-10,17H,4-5,8,11-13H2,1-3H3. The highest BCUT2D eigenvalue weighted by Gasteiger charge is 2.23. The molecule has 0 aliphatic carbocycles. The van der Waals surface area contributed by atoms with Crippen molar-refractivity contribution in [2.24, 2.45) is 0 Å². The van der Waals surface area contributed by atoms with Crippen LogP contribution in [0.1, 0.15) is 52.0 Å². The van der Waals surface area contributed by atoms with Crippen LogP contribution in [0.25, 0.3) is 0 Å². The first-order chi connectivity index (χ1) is 9.11. The number of hydrogen-bond acceptors (Lipinski definition) is 3. The summed E-state index contributed by atoms with van der Waals surface area (Å²) in [5.74, 6) is 0.890. The van der Waals surface area contributed by atoms with E-state index >= 15 is 0 Å². The quantitative estimate of drug-likeness (QED) is 0.408. The minimum absolute atomic E-state index is 0.103. The molecule has 0 saturated heterocycles. The molecule has 0 fully saturated rings. The first-order valence-corrected chi connectivity index (χ1v) is 7.10. The van der Waals surface area contributed by atoms with Crippen molar-refractivity contribution in [3.05, 3.63) is 29.8 Å². The normalized spacial score (nSPS) is 11.6. The molecule has 1 N–H and O–H groups in total. The Morgan fingerprint density at radius 2 is 1.84 bits per heavy atom. The molecule has 0 aliphatic rings. The molecule has 0 atom stereocenters. The van der Waals surface area contributed by atoms with Gasteiger partial charge < -0.3 is 4.74 Å². The molecule has 0 radical (unpaired) electrons. The predicted molar refractivity (Wildman–Crippen MR) is 77.7 cm³/mol. The maximum atomic E-state index is 8.34. The van der Waals surface area contributed by atoms with Crippen LogP contribution in [0.15, 0.2) is 24.3 Å². The van der Waals surface area contributed by atoms with Gasteiger partial charge in [-0.3, -0.25) is 5.26 Å². The van der Waals surface area contributed by atoms with Crippen LogP contribution in [0.4, 0.5) is 0 Å². The van der Waals surface area contributed by atoms with Gasteiger partial charge in [0.2, 0.25) is 0 Å². The summed E-state index contributed by atoms with van der Waals surface area (Å²) in [5.41, 5.74) is 1.33. The molecule has 1 rings (SSSR count). The van der Waals surface area contributed by atoms with Gasteiger partial charge >= 0.3 is 0 Å². The topological polar surface area (TPSA) is 38.7 Å². The second-order valence-corrected chi connectivity index (χ2v) is 5.52. The third kappa shape index (κ3) is 5.21. The van der Waals surface area contributed by atoms with Gasteiger partial charge in [-0.25, -0.2) is 4.89 Å². The van der Waals surface area contributed by atoms with Crippen molar-refractivity contribution in [2.45, 2.75) is 51.9 Å². The second-order valence-electron chi connectivity index (χ2n) is 5.52. The summed E-state index contributed by atoms with van der Waals surface area (Å²) in [5, 5.41) is 8.34. The first kappa shape index (κ1) is 16.0. The van der Waals surface area contributed by atoms with Gasteiger partial charge in [0.1, 0.15) is 19.0 Å². The van der Waals surface area contributed by atoms with E-state index in [0.717, 1.165) is 12.2 Å². The lowest BCUT2D eigenvalue weighted by molar-refractivity contribution is -0.245. The van der Waals surface area contributed by atoms with Crippen molar-refractivity contribution in [2.75, 3.05) is 13.2 Å². The highest BCUT2D eigenvalue weighted by Crippen LogP contribution is 2.35. The molecule has 0 bridgehead atoms. The largest absolute Gasteiger partial charge is 0.491 e. The van der Waals surface area contributed by atoms with Crippen molar-refractivity contribution in [3.8, 4) is 5.75 Å². The summed E-state index contributed by atoms with van der Waals surface area (Å²) in [7, 11) is 0. The van der Waals surface area contributed by atoms with Gasteiger partial charge in [0.25, 0.3) is 0 Å². The van der Waals surface area contributed by atoms with E-state index in [9.17, 15) is 0 Å². The number of unbranched alkanes of at least 4 members (excludes halogenated alkanes) is 2. The van der Waals surface area contributed by atoms with Crippen LogP contribution < -0.4 is 4.74 Å². The van der Waals surface area contributed by atoms with E-state index in [4.69, 9.17) is 9.99 Å². The molecule has 0 amide bonds. The maximum absolute atomic E-state index is 8.34. The van der Waals surface area contributed by atoms with E-state index in [2.05, 4.69) is 31.7 Å². The molecule has 19 heavy (non-hydrogen) atoms. The SMILES string of the molecule is CCCCCC(C)(C)c1ccccc1OCCOO. The second kappa shape index (κ2) is 8.18. The van der Waals surface area contributed by atoms with Crippen LogP contribution >= 0.6 is 0 Å². The van der Waals surface area contributed by atoms with E-state index in [1.807, 2.05) is 18.2 Å². The van der Waals surface area contributed by atoms with E-state index in [0.29, 0.717) is 6.61 Å². The van der Waals surface area contributed by atoms with E-state index in [1.165, 1.54) is 24.8 Å². The zero-order valence-corrected chi connectivity index (χ0v) is 12.3. The van der Waals surface area contributed by atoms with Crippen LogP contribution in [0.2, 0.25) is 0 Å². The van der Waals surface area contributed by atoms with Crippen LogP contribution in [0.5, 0.6) is 5.75 Å². The molecule has 0 heterocycles. The van der Waals surface area contributed by atoms with Gasteiger partial charge in [-0.05, 0) is 23.5 Å². The smallest absolute Gasteiger partial charge is 0.123 e. The fourth-order valence-corrected chi connectivity index (χ4v) is 2.29. The third-order valence-corrected chi connectivity index (χ3v) is 3.45. The Morgan fingerprint density at radius 1 is 1.11 bits per heavy atom. The van der Waals surface area contributed by atoms with Crippen molar-refractivity contribution < 1.29 is 14.9 Å². The molecule has 0 saturated carbocycles. The van der Waals surface area contributed by atoms with Crippen LogP contribution in [-0.4, -0.2) is 18.5 Å². The fraction of sp³-hybridized carbons (Fsp3) is 0.625. The number of benzene rings is 1. The zero-order chi connectivity index (χ0) is 14.1. The number of para-hydroxylation sites is 1. The molecule has 3 nitrogen and oxygen atoms in total. The maximum Gasteiger partial charge on any atom is 0.123 e. The summed E-state index contributed by atoms with van der Waals surface area (Å²) in [6.07, 6.45) is 4.89. The Balaban J connectivity index is 2.73. The van der Waals surface area contributed by atoms with Gasteiger partial charge in [-0.2, -0.15) is 0 Å². The average molecular weight is 266 g/mol. The molecule has 3 heteroatoms. The summed E-state index contributed by atoms with van der Waals surface area (Å²) in [6, 6.07) is 8.13. The van der Waals surface area contributed by atoms with Gasteiger partial charge in [-0.15, -0.1) is 0 Å². The Hall–Kier alpha value is -1.06. The summed E-state index contributed by atoms with van der Waals surface area (Å²) >= 11 is 0. The highest BCUT2D eigenvalue weighted by atomic mass is 17.1.